The third-order valence-electron chi connectivity index (χ3n) is 5.34. The first-order valence-corrected chi connectivity index (χ1v) is 11.4. The second kappa shape index (κ2) is 9.99. The molecule has 0 atom stereocenters. The summed E-state index contributed by atoms with van der Waals surface area (Å²) in [6.07, 6.45) is 3.68. The van der Waals surface area contributed by atoms with Gasteiger partial charge in [-0.15, -0.1) is 0 Å². The zero-order valence-electron chi connectivity index (χ0n) is 18.2. The summed E-state index contributed by atoms with van der Waals surface area (Å²) in [4.78, 5) is 24.2. The van der Waals surface area contributed by atoms with Crippen molar-refractivity contribution in [2.24, 2.45) is 0 Å². The van der Waals surface area contributed by atoms with Gasteiger partial charge in [0, 0.05) is 40.7 Å². The van der Waals surface area contributed by atoms with Crippen LogP contribution in [0.15, 0.2) is 53.0 Å². The van der Waals surface area contributed by atoms with Gasteiger partial charge in [0.05, 0.1) is 12.7 Å². The van der Waals surface area contributed by atoms with Gasteiger partial charge in [0.2, 0.25) is 5.95 Å². The second-order valence-electron chi connectivity index (χ2n) is 7.74. The summed E-state index contributed by atoms with van der Waals surface area (Å²) in [5.41, 5.74) is 2.97. The molecule has 0 bridgehead atoms. The molecule has 32 heavy (non-hydrogen) atoms. The van der Waals surface area contributed by atoms with E-state index in [1.807, 2.05) is 37.3 Å². The van der Waals surface area contributed by atoms with E-state index in [4.69, 9.17) is 9.72 Å². The average Bonchev–Trinajstić information content (AvgIpc) is 2.81. The summed E-state index contributed by atoms with van der Waals surface area (Å²) in [6.45, 7) is 4.05. The fourth-order valence-corrected chi connectivity index (χ4v) is 4.09. The predicted octanol–water partition coefficient (Wildman–Crippen LogP) is 5.54. The zero-order valence-corrected chi connectivity index (χ0v) is 19.8. The maximum absolute atomic E-state index is 12.7. The first-order chi connectivity index (χ1) is 15.5. The van der Waals surface area contributed by atoms with Gasteiger partial charge in [0.15, 0.2) is 0 Å². The predicted molar refractivity (Wildman–Crippen MR) is 131 cm³/mol. The summed E-state index contributed by atoms with van der Waals surface area (Å²) in [7, 11) is 1.57. The van der Waals surface area contributed by atoms with Crippen molar-refractivity contribution < 1.29 is 9.53 Å². The van der Waals surface area contributed by atoms with Crippen LogP contribution in [0.1, 0.15) is 35.3 Å². The Balaban J connectivity index is 1.44. The number of piperidine rings is 1. The summed E-state index contributed by atoms with van der Waals surface area (Å²) in [6, 6.07) is 14.8. The molecule has 4 rings (SSSR count). The van der Waals surface area contributed by atoms with E-state index in [1.54, 1.807) is 25.3 Å². The molecule has 0 aliphatic carbocycles. The minimum atomic E-state index is -0.218. The lowest BCUT2D eigenvalue weighted by atomic mass is 10.1. The van der Waals surface area contributed by atoms with Crippen molar-refractivity contribution in [3.63, 3.8) is 0 Å². The number of nitrogens with one attached hydrogen (secondary N) is 2. The maximum atomic E-state index is 12.7. The van der Waals surface area contributed by atoms with Gasteiger partial charge in [0.1, 0.15) is 11.6 Å². The molecular weight excluding hydrogens is 470 g/mol. The van der Waals surface area contributed by atoms with Crippen LogP contribution in [0.5, 0.6) is 5.75 Å². The number of hydrogen-bond acceptors (Lipinski definition) is 6. The molecule has 1 saturated heterocycles. The van der Waals surface area contributed by atoms with Crippen LogP contribution in [-0.4, -0.2) is 36.1 Å². The van der Waals surface area contributed by atoms with Crippen LogP contribution in [0.3, 0.4) is 0 Å². The third kappa shape index (κ3) is 5.37. The molecule has 2 N–H and O–H groups in total. The molecule has 1 amide bonds. The van der Waals surface area contributed by atoms with Crippen molar-refractivity contribution in [1.29, 1.82) is 0 Å². The molecule has 0 saturated carbocycles. The number of anilines is 4. The van der Waals surface area contributed by atoms with E-state index in [0.717, 1.165) is 30.3 Å². The normalized spacial score (nSPS) is 13.5. The minimum absolute atomic E-state index is 0.218. The molecule has 1 aliphatic heterocycles. The van der Waals surface area contributed by atoms with Crippen molar-refractivity contribution in [3.05, 3.63) is 64.3 Å². The Kier molecular flexibility index (Phi) is 6.90. The van der Waals surface area contributed by atoms with E-state index in [-0.39, 0.29) is 5.91 Å². The number of methoxy groups -OCH3 is 1. The van der Waals surface area contributed by atoms with Gasteiger partial charge in [-0.25, -0.2) is 4.98 Å². The van der Waals surface area contributed by atoms with Gasteiger partial charge in [0.25, 0.3) is 5.91 Å². The number of carbonyl (C=O) groups is 1. The molecule has 1 aliphatic rings. The van der Waals surface area contributed by atoms with Crippen LogP contribution in [0, 0.1) is 6.92 Å². The van der Waals surface area contributed by atoms with Crippen LogP contribution >= 0.6 is 15.9 Å². The Bertz CT molecular complexity index is 1100. The maximum Gasteiger partial charge on any atom is 0.256 e. The summed E-state index contributed by atoms with van der Waals surface area (Å²) < 4.78 is 5.92. The van der Waals surface area contributed by atoms with Crippen LogP contribution in [0.25, 0.3) is 0 Å². The highest BCUT2D eigenvalue weighted by Gasteiger charge is 2.15. The molecule has 166 valence electrons. The molecule has 3 aromatic rings. The summed E-state index contributed by atoms with van der Waals surface area (Å²) in [5, 5.41) is 6.19. The first kappa shape index (κ1) is 22.1. The van der Waals surface area contributed by atoms with Gasteiger partial charge < -0.3 is 20.3 Å². The largest absolute Gasteiger partial charge is 0.497 e. The highest BCUT2D eigenvalue weighted by Crippen LogP contribution is 2.25. The lowest BCUT2D eigenvalue weighted by molar-refractivity contribution is 0.102. The lowest BCUT2D eigenvalue weighted by Gasteiger charge is -2.28. The summed E-state index contributed by atoms with van der Waals surface area (Å²) in [5.74, 6) is 1.94. The number of benzene rings is 2. The smallest absolute Gasteiger partial charge is 0.256 e. The van der Waals surface area contributed by atoms with Crippen LogP contribution in [0.2, 0.25) is 0 Å². The second-order valence-corrected chi connectivity index (χ2v) is 8.60. The molecule has 7 nitrogen and oxygen atoms in total. The van der Waals surface area contributed by atoms with E-state index in [0.29, 0.717) is 27.4 Å². The molecule has 2 heterocycles. The van der Waals surface area contributed by atoms with Crippen LogP contribution in [-0.2, 0) is 0 Å². The average molecular weight is 496 g/mol. The number of rotatable bonds is 6. The molecule has 1 fully saturated rings. The van der Waals surface area contributed by atoms with Crippen molar-refractivity contribution in [3.8, 4) is 5.75 Å². The molecular formula is C24H26BrN5O2. The number of aromatic nitrogens is 2. The van der Waals surface area contributed by atoms with E-state index in [2.05, 4.69) is 36.4 Å². The Labute approximate surface area is 196 Å². The Morgan fingerprint density at radius 3 is 2.44 bits per heavy atom. The Hall–Kier alpha value is -3.13. The number of carbonyl (C=O) groups excluding carboxylic acids is 1. The number of nitrogens with zero attached hydrogens (tertiary/aromatic N) is 3. The number of ether oxygens (including phenoxy) is 1. The van der Waals surface area contributed by atoms with Gasteiger partial charge in [-0.05, 0) is 84.6 Å². The van der Waals surface area contributed by atoms with E-state index >= 15 is 0 Å². The Morgan fingerprint density at radius 1 is 1.00 bits per heavy atom. The van der Waals surface area contributed by atoms with Crippen molar-refractivity contribution in [2.45, 2.75) is 26.2 Å². The number of hydrogen-bond donors (Lipinski definition) is 2. The standard InChI is InChI=1S/C24H26BrN5O2/c1-16-14-22(30-12-4-3-5-13-30)29-24(26-16)28-18-8-6-17(7-9-18)27-23(31)20-15-19(32-2)10-11-21(20)25/h6-11,14-15H,3-5,12-13H2,1-2H3,(H,27,31)(H,26,28,29). The monoisotopic (exact) mass is 495 g/mol. The molecule has 8 heteroatoms. The molecule has 0 radical (unpaired) electrons. The molecule has 2 aromatic carbocycles. The van der Waals surface area contributed by atoms with E-state index < -0.39 is 0 Å². The van der Waals surface area contributed by atoms with Crippen molar-refractivity contribution in [1.82, 2.24) is 9.97 Å². The summed E-state index contributed by atoms with van der Waals surface area (Å²) >= 11 is 3.42. The van der Waals surface area contributed by atoms with Gasteiger partial charge in [-0.1, -0.05) is 0 Å². The fraction of sp³-hybridized carbons (Fsp3) is 0.292. The zero-order chi connectivity index (χ0) is 22.5. The highest BCUT2D eigenvalue weighted by atomic mass is 79.9. The third-order valence-corrected chi connectivity index (χ3v) is 6.03. The van der Waals surface area contributed by atoms with Crippen LogP contribution in [0.4, 0.5) is 23.1 Å². The minimum Gasteiger partial charge on any atom is -0.497 e. The number of aryl methyl sites for hydroxylation is 1. The topological polar surface area (TPSA) is 79.4 Å². The first-order valence-electron chi connectivity index (χ1n) is 10.6. The lowest BCUT2D eigenvalue weighted by Crippen LogP contribution is -2.30. The SMILES string of the molecule is COc1ccc(Br)c(C(=O)Nc2ccc(Nc3nc(C)cc(N4CCCCC4)n3)cc2)c1. The van der Waals surface area contributed by atoms with E-state index in [9.17, 15) is 4.79 Å². The molecule has 0 spiro atoms. The van der Waals surface area contributed by atoms with Crippen molar-refractivity contribution in [2.75, 3.05) is 35.7 Å². The Morgan fingerprint density at radius 2 is 1.72 bits per heavy atom. The van der Waals surface area contributed by atoms with Gasteiger partial charge in [-0.3, -0.25) is 4.79 Å². The quantitative estimate of drug-likeness (QED) is 0.467. The van der Waals surface area contributed by atoms with Crippen molar-refractivity contribution >= 4 is 45.0 Å². The number of halogens is 1. The molecule has 0 unspecified atom stereocenters. The van der Waals surface area contributed by atoms with Gasteiger partial charge >= 0.3 is 0 Å². The highest BCUT2D eigenvalue weighted by molar-refractivity contribution is 9.10. The van der Waals surface area contributed by atoms with Gasteiger partial charge in [-0.2, -0.15) is 4.98 Å². The molecule has 1 aromatic heterocycles. The van der Waals surface area contributed by atoms with Crippen LogP contribution < -0.4 is 20.3 Å². The number of amides is 1. The fourth-order valence-electron chi connectivity index (χ4n) is 3.66. The van der Waals surface area contributed by atoms with E-state index in [1.165, 1.54) is 19.3 Å².